The molecule has 170 valence electrons. The second-order valence-corrected chi connectivity index (χ2v) is 10.6. The van der Waals surface area contributed by atoms with Crippen molar-refractivity contribution in [2.45, 2.75) is 31.3 Å². The minimum atomic E-state index is -3.88. The van der Waals surface area contributed by atoms with Gasteiger partial charge < -0.3 is 10.0 Å². The van der Waals surface area contributed by atoms with Crippen molar-refractivity contribution in [3.05, 3.63) is 78.3 Å². The van der Waals surface area contributed by atoms with E-state index in [1.54, 1.807) is 29.3 Å². The standard InChI is InChI=1S/C24H24N4O4S/c1-24(9-3-2-4-10-24)20(16-29)23(30)27-13-18-14-28(26-22(18)15-27)33(31,32)19-7-8-21-17(12-19)6-5-11-25-21/h2-9,11-12,14,20,29H,10,13,15-16H2,1H3/t20-,24?/m0/s1. The molecule has 1 amide bonds. The van der Waals surface area contributed by atoms with Gasteiger partial charge in [-0.15, -0.1) is 0 Å². The van der Waals surface area contributed by atoms with E-state index in [0.717, 1.165) is 9.47 Å². The minimum Gasteiger partial charge on any atom is -0.396 e. The van der Waals surface area contributed by atoms with Crippen molar-refractivity contribution >= 4 is 26.8 Å². The van der Waals surface area contributed by atoms with E-state index in [4.69, 9.17) is 0 Å². The third-order valence-corrected chi connectivity index (χ3v) is 8.08. The zero-order valence-corrected chi connectivity index (χ0v) is 18.9. The second-order valence-electron chi connectivity index (χ2n) is 8.76. The first kappa shape index (κ1) is 21.5. The maximum absolute atomic E-state index is 13.2. The Morgan fingerprint density at radius 1 is 1.24 bits per heavy atom. The Hall–Kier alpha value is -3.30. The number of hydrogen-bond acceptors (Lipinski definition) is 6. The lowest BCUT2D eigenvalue weighted by Crippen LogP contribution is -2.42. The lowest BCUT2D eigenvalue weighted by atomic mass is 9.72. The molecule has 5 rings (SSSR count). The Kier molecular flexibility index (Phi) is 5.18. The molecule has 3 aromatic rings. The third-order valence-electron chi connectivity index (χ3n) is 6.55. The van der Waals surface area contributed by atoms with Gasteiger partial charge in [-0.2, -0.15) is 17.6 Å². The lowest BCUT2D eigenvalue weighted by Gasteiger charge is -2.35. The molecule has 0 radical (unpaired) electrons. The smallest absolute Gasteiger partial charge is 0.282 e. The van der Waals surface area contributed by atoms with Crippen molar-refractivity contribution in [2.24, 2.45) is 11.3 Å². The number of aliphatic hydroxyl groups excluding tert-OH is 1. The van der Waals surface area contributed by atoms with Crippen LogP contribution in [0, 0.1) is 11.3 Å². The fraction of sp³-hybridized carbons (Fsp3) is 0.292. The number of allylic oxidation sites excluding steroid dienone is 4. The van der Waals surface area contributed by atoms with Crippen LogP contribution in [0.25, 0.3) is 10.9 Å². The number of amides is 1. The number of hydrogen-bond donors (Lipinski definition) is 1. The Bertz CT molecular complexity index is 1390. The highest BCUT2D eigenvalue weighted by molar-refractivity contribution is 7.89. The third kappa shape index (κ3) is 3.67. The van der Waals surface area contributed by atoms with Gasteiger partial charge in [-0.25, -0.2) is 0 Å². The molecule has 0 bridgehead atoms. The molecule has 3 heterocycles. The molecule has 0 spiro atoms. The number of pyridine rings is 1. The molecule has 33 heavy (non-hydrogen) atoms. The highest BCUT2D eigenvalue weighted by atomic mass is 32.2. The van der Waals surface area contributed by atoms with Gasteiger partial charge in [-0.05, 0) is 30.7 Å². The molecule has 2 aromatic heterocycles. The number of carbonyl (C=O) groups is 1. The monoisotopic (exact) mass is 464 g/mol. The first-order chi connectivity index (χ1) is 15.8. The summed E-state index contributed by atoms with van der Waals surface area (Å²) in [5, 5.41) is 15.0. The van der Waals surface area contributed by atoms with Crippen LogP contribution in [0.2, 0.25) is 0 Å². The second kappa shape index (κ2) is 7.93. The van der Waals surface area contributed by atoms with Crippen LogP contribution in [0.4, 0.5) is 0 Å². The summed E-state index contributed by atoms with van der Waals surface area (Å²) in [6.07, 6.45) is 11.6. The number of fused-ring (bicyclic) bond motifs is 2. The van der Waals surface area contributed by atoms with E-state index in [0.29, 0.717) is 23.2 Å². The van der Waals surface area contributed by atoms with E-state index in [1.807, 2.05) is 37.3 Å². The van der Waals surface area contributed by atoms with Crippen LogP contribution in [0.5, 0.6) is 0 Å². The maximum atomic E-state index is 13.2. The summed E-state index contributed by atoms with van der Waals surface area (Å²) in [5.74, 6) is -0.737. The number of aliphatic hydroxyl groups is 1. The van der Waals surface area contributed by atoms with Crippen molar-refractivity contribution in [3.8, 4) is 0 Å². The fourth-order valence-corrected chi connectivity index (χ4v) is 5.72. The van der Waals surface area contributed by atoms with Crippen LogP contribution in [-0.4, -0.2) is 45.1 Å². The predicted octanol–water partition coefficient (Wildman–Crippen LogP) is 2.64. The molecule has 1 aliphatic carbocycles. The van der Waals surface area contributed by atoms with Crippen LogP contribution >= 0.6 is 0 Å². The van der Waals surface area contributed by atoms with E-state index in [9.17, 15) is 18.3 Å². The Morgan fingerprint density at radius 3 is 2.82 bits per heavy atom. The first-order valence-corrected chi connectivity index (χ1v) is 12.2. The molecule has 1 aromatic carbocycles. The quantitative estimate of drug-likeness (QED) is 0.622. The SMILES string of the molecule is CC1([C@@H](CO)C(=O)N2Cc3cn(S(=O)(=O)c4ccc5ncccc5c4)nc3C2)C=CC=CC1. The van der Waals surface area contributed by atoms with Crippen molar-refractivity contribution < 1.29 is 18.3 Å². The van der Waals surface area contributed by atoms with E-state index >= 15 is 0 Å². The Balaban J connectivity index is 1.37. The summed E-state index contributed by atoms with van der Waals surface area (Å²) in [6.45, 7) is 2.18. The summed E-state index contributed by atoms with van der Waals surface area (Å²) in [7, 11) is -3.88. The van der Waals surface area contributed by atoms with E-state index in [2.05, 4.69) is 10.1 Å². The Morgan fingerprint density at radius 2 is 2.09 bits per heavy atom. The molecule has 2 atom stereocenters. The van der Waals surface area contributed by atoms with Crippen LogP contribution in [0.15, 0.2) is 71.9 Å². The number of carbonyl (C=O) groups excluding carboxylic acids is 1. The molecule has 0 saturated heterocycles. The van der Waals surface area contributed by atoms with E-state index in [1.165, 1.54) is 12.3 Å². The molecule has 0 fully saturated rings. The van der Waals surface area contributed by atoms with Gasteiger partial charge >= 0.3 is 0 Å². The van der Waals surface area contributed by atoms with Gasteiger partial charge in [0.1, 0.15) is 0 Å². The number of rotatable bonds is 5. The first-order valence-electron chi connectivity index (χ1n) is 10.7. The number of aromatic nitrogens is 3. The highest BCUT2D eigenvalue weighted by Crippen LogP contribution is 2.38. The molecule has 8 nitrogen and oxygen atoms in total. The van der Waals surface area contributed by atoms with Gasteiger partial charge in [0.05, 0.1) is 35.2 Å². The molecular weight excluding hydrogens is 440 g/mol. The summed E-state index contributed by atoms with van der Waals surface area (Å²) in [5.41, 5.74) is 1.49. The summed E-state index contributed by atoms with van der Waals surface area (Å²) < 4.78 is 27.3. The largest absolute Gasteiger partial charge is 0.396 e. The van der Waals surface area contributed by atoms with Gasteiger partial charge in [0.25, 0.3) is 10.0 Å². The van der Waals surface area contributed by atoms with Crippen LogP contribution < -0.4 is 0 Å². The van der Waals surface area contributed by atoms with Crippen LogP contribution in [0.1, 0.15) is 24.6 Å². The van der Waals surface area contributed by atoms with Gasteiger partial charge in [-0.1, -0.05) is 37.3 Å². The average Bonchev–Trinajstić information content (AvgIpc) is 3.39. The molecule has 1 N–H and O–H groups in total. The Labute approximate surface area is 191 Å². The zero-order valence-electron chi connectivity index (χ0n) is 18.1. The number of benzene rings is 1. The van der Waals surface area contributed by atoms with Gasteiger partial charge in [-0.3, -0.25) is 9.78 Å². The molecular formula is C24H24N4O4S. The normalized spacial score (nSPS) is 20.8. The molecule has 9 heteroatoms. The van der Waals surface area contributed by atoms with Gasteiger partial charge in [0.2, 0.25) is 5.91 Å². The fourth-order valence-electron chi connectivity index (χ4n) is 4.52. The van der Waals surface area contributed by atoms with Crippen molar-refractivity contribution in [2.75, 3.05) is 6.61 Å². The van der Waals surface area contributed by atoms with Crippen molar-refractivity contribution in [1.29, 1.82) is 0 Å². The van der Waals surface area contributed by atoms with Crippen molar-refractivity contribution in [3.63, 3.8) is 0 Å². The molecule has 1 unspecified atom stereocenters. The zero-order chi connectivity index (χ0) is 23.2. The summed E-state index contributed by atoms with van der Waals surface area (Å²) >= 11 is 0. The number of nitrogens with zero attached hydrogens (tertiary/aromatic N) is 4. The van der Waals surface area contributed by atoms with E-state index in [-0.39, 0.29) is 30.5 Å². The van der Waals surface area contributed by atoms with Crippen molar-refractivity contribution in [1.82, 2.24) is 19.1 Å². The average molecular weight is 465 g/mol. The highest BCUT2D eigenvalue weighted by Gasteiger charge is 2.41. The van der Waals surface area contributed by atoms with Crippen LogP contribution in [0.3, 0.4) is 0 Å². The summed E-state index contributed by atoms with van der Waals surface area (Å²) in [4.78, 5) is 19.2. The lowest BCUT2D eigenvalue weighted by molar-refractivity contribution is -0.141. The van der Waals surface area contributed by atoms with Gasteiger partial charge in [0, 0.05) is 35.3 Å². The van der Waals surface area contributed by atoms with E-state index < -0.39 is 21.4 Å². The van der Waals surface area contributed by atoms with Crippen LogP contribution in [-0.2, 0) is 27.9 Å². The summed E-state index contributed by atoms with van der Waals surface area (Å²) in [6, 6.07) is 8.34. The molecule has 1 aliphatic heterocycles. The predicted molar refractivity (Wildman–Crippen MR) is 122 cm³/mol. The minimum absolute atomic E-state index is 0.127. The molecule has 0 saturated carbocycles. The topological polar surface area (TPSA) is 105 Å². The maximum Gasteiger partial charge on any atom is 0.282 e. The molecule has 2 aliphatic rings. The van der Waals surface area contributed by atoms with Gasteiger partial charge in [0.15, 0.2) is 0 Å².